The Labute approximate surface area is 239 Å². The van der Waals surface area contributed by atoms with Gasteiger partial charge in [-0.15, -0.1) is 0 Å². The van der Waals surface area contributed by atoms with Gasteiger partial charge in [-0.05, 0) is 73.2 Å². The number of carbonyl (C=O) groups is 3. The topological polar surface area (TPSA) is 137 Å². The summed E-state index contributed by atoms with van der Waals surface area (Å²) in [6.07, 6.45) is 1.03. The molecule has 1 aliphatic heterocycles. The minimum absolute atomic E-state index is 0.0628. The van der Waals surface area contributed by atoms with E-state index in [-0.39, 0.29) is 36.5 Å². The van der Waals surface area contributed by atoms with E-state index in [0.29, 0.717) is 11.3 Å². The maximum atomic E-state index is 13.5. The van der Waals surface area contributed by atoms with Crippen LogP contribution in [-0.2, 0) is 22.5 Å². The molecule has 3 atom stereocenters. The highest BCUT2D eigenvalue weighted by atomic mass is 16.5. The van der Waals surface area contributed by atoms with Crippen LogP contribution in [-0.4, -0.2) is 71.4 Å². The number of quaternary nitrogens is 1. The number of phenols is 2. The molecule has 0 saturated carbocycles. The molecule has 0 aliphatic carbocycles. The van der Waals surface area contributed by atoms with Gasteiger partial charge in [-0.25, -0.2) is 9.59 Å². The van der Waals surface area contributed by atoms with Crippen LogP contribution in [0.15, 0.2) is 72.8 Å². The van der Waals surface area contributed by atoms with Crippen molar-refractivity contribution < 1.29 is 33.8 Å². The van der Waals surface area contributed by atoms with Crippen molar-refractivity contribution in [1.82, 2.24) is 10.6 Å². The number of anilines is 1. The summed E-state index contributed by atoms with van der Waals surface area (Å²) in [6.45, 7) is 4.38. The molecule has 41 heavy (non-hydrogen) atoms. The number of aromatic hydroxyl groups is 2. The van der Waals surface area contributed by atoms with E-state index < -0.39 is 18.0 Å². The molecule has 1 aliphatic rings. The highest BCUT2D eigenvalue weighted by molar-refractivity contribution is 5.95. The van der Waals surface area contributed by atoms with Crippen molar-refractivity contribution in [3.63, 3.8) is 0 Å². The summed E-state index contributed by atoms with van der Waals surface area (Å²) in [4.78, 5) is 38.2. The summed E-state index contributed by atoms with van der Waals surface area (Å²) >= 11 is 0. The van der Waals surface area contributed by atoms with Gasteiger partial charge in [-0.3, -0.25) is 4.79 Å². The summed E-state index contributed by atoms with van der Waals surface area (Å²) in [5.41, 5.74) is 2.71. The molecule has 1 fully saturated rings. The zero-order valence-corrected chi connectivity index (χ0v) is 23.3. The summed E-state index contributed by atoms with van der Waals surface area (Å²) in [5, 5.41) is 27.8. The fourth-order valence-corrected chi connectivity index (χ4v) is 5.09. The molecule has 0 radical (unpaired) electrons. The molecule has 10 heteroatoms. The van der Waals surface area contributed by atoms with E-state index in [9.17, 15) is 24.6 Å². The molecule has 4 rings (SSSR count). The van der Waals surface area contributed by atoms with Gasteiger partial charge in [0.05, 0.1) is 38.3 Å². The number of rotatable bonds is 10. The van der Waals surface area contributed by atoms with Crippen LogP contribution < -0.4 is 16.0 Å². The third-order valence-electron chi connectivity index (χ3n) is 7.18. The fraction of sp³-hybridized carbons (Fsp3) is 0.323. The molecule has 1 saturated heterocycles. The zero-order chi connectivity index (χ0) is 29.4. The van der Waals surface area contributed by atoms with Gasteiger partial charge in [0, 0.05) is 24.1 Å². The number of amides is 3. The molecule has 3 aromatic rings. The number of esters is 1. The molecular weight excluding hydrogens is 524 g/mol. The van der Waals surface area contributed by atoms with Crippen LogP contribution in [0.3, 0.4) is 0 Å². The van der Waals surface area contributed by atoms with Gasteiger partial charge >= 0.3 is 12.0 Å². The lowest BCUT2D eigenvalue weighted by molar-refractivity contribution is -0.911. The van der Waals surface area contributed by atoms with Crippen LogP contribution in [0.25, 0.3) is 0 Å². The van der Waals surface area contributed by atoms with E-state index in [4.69, 9.17) is 4.74 Å². The Bertz CT molecular complexity index is 1340. The summed E-state index contributed by atoms with van der Waals surface area (Å²) in [7, 11) is 2.14. The van der Waals surface area contributed by atoms with Gasteiger partial charge in [0.15, 0.2) is 0 Å². The Hall–Kier alpha value is -4.57. The van der Waals surface area contributed by atoms with E-state index in [1.54, 1.807) is 67.6 Å². The fourth-order valence-electron chi connectivity index (χ4n) is 5.09. The predicted molar refractivity (Wildman–Crippen MR) is 154 cm³/mol. The lowest BCUT2D eigenvalue weighted by Crippen LogP contribution is -2.53. The molecule has 3 amide bonds. The number of hydrogen-bond acceptors (Lipinski definition) is 6. The lowest BCUT2D eigenvalue weighted by atomic mass is 10.0. The number of ether oxygens (including phenoxy) is 1. The number of phenolic OH excluding ortho intramolecular Hbond substituents is 2. The first kappa shape index (κ1) is 29.4. The summed E-state index contributed by atoms with van der Waals surface area (Å²) in [6, 6.07) is 18.5. The maximum absolute atomic E-state index is 13.5. The van der Waals surface area contributed by atoms with Crippen LogP contribution >= 0.6 is 0 Å². The van der Waals surface area contributed by atoms with Crippen molar-refractivity contribution in [3.8, 4) is 11.5 Å². The van der Waals surface area contributed by atoms with E-state index in [1.165, 1.54) is 0 Å². The number of benzene rings is 3. The number of nitrogens with one attached hydrogen (secondary N) is 3. The Balaban J connectivity index is 1.39. The molecule has 0 spiro atoms. The van der Waals surface area contributed by atoms with Crippen LogP contribution in [0.1, 0.15) is 34.8 Å². The second kappa shape index (κ2) is 13.2. The number of likely N-dealkylation sites (tertiary alicyclic amines) is 1. The SMILES string of the molecule is CCOC(=O)c1ccc(NC(=O)N[C@H](Cc2ccc(O)cc2)C(=O)N[C@@H]2CC[N+](C)(Cc3ccc(O)cc3)C2)cc1. The van der Waals surface area contributed by atoms with Gasteiger partial charge in [-0.1, -0.05) is 12.1 Å². The summed E-state index contributed by atoms with van der Waals surface area (Å²) in [5.74, 6) is -0.399. The van der Waals surface area contributed by atoms with Gasteiger partial charge in [0.1, 0.15) is 24.1 Å². The highest BCUT2D eigenvalue weighted by Crippen LogP contribution is 2.23. The Morgan fingerprint density at radius 3 is 2.15 bits per heavy atom. The van der Waals surface area contributed by atoms with Crippen molar-refractivity contribution in [2.45, 2.75) is 38.4 Å². The average molecular weight is 562 g/mol. The largest absolute Gasteiger partial charge is 0.508 e. The molecule has 0 bridgehead atoms. The first-order valence-corrected chi connectivity index (χ1v) is 13.7. The Morgan fingerprint density at radius 1 is 0.927 bits per heavy atom. The van der Waals surface area contributed by atoms with Crippen molar-refractivity contribution in [2.24, 2.45) is 0 Å². The Morgan fingerprint density at radius 2 is 1.54 bits per heavy atom. The van der Waals surface area contributed by atoms with Crippen LogP contribution in [0.2, 0.25) is 0 Å². The maximum Gasteiger partial charge on any atom is 0.338 e. The highest BCUT2D eigenvalue weighted by Gasteiger charge is 2.36. The van der Waals surface area contributed by atoms with Crippen LogP contribution in [0.5, 0.6) is 11.5 Å². The molecule has 1 unspecified atom stereocenters. The molecule has 216 valence electrons. The van der Waals surface area contributed by atoms with Crippen LogP contribution in [0, 0.1) is 0 Å². The number of likely N-dealkylation sites (N-methyl/N-ethyl adjacent to an activating group) is 1. The molecule has 10 nitrogen and oxygen atoms in total. The molecule has 0 aromatic heterocycles. The monoisotopic (exact) mass is 561 g/mol. The summed E-state index contributed by atoms with van der Waals surface area (Å²) < 4.78 is 5.73. The van der Waals surface area contributed by atoms with Crippen molar-refractivity contribution in [3.05, 3.63) is 89.5 Å². The average Bonchev–Trinajstić information content (AvgIpc) is 3.31. The van der Waals surface area contributed by atoms with Crippen molar-refractivity contribution in [2.75, 3.05) is 32.1 Å². The van der Waals surface area contributed by atoms with Gasteiger partial charge in [-0.2, -0.15) is 0 Å². The van der Waals surface area contributed by atoms with Crippen LogP contribution in [0.4, 0.5) is 10.5 Å². The van der Waals surface area contributed by atoms with E-state index in [0.717, 1.165) is 41.7 Å². The quantitative estimate of drug-likeness (QED) is 0.190. The second-order valence-corrected chi connectivity index (χ2v) is 10.7. The third kappa shape index (κ3) is 8.46. The first-order chi connectivity index (χ1) is 19.6. The molecule has 3 aromatic carbocycles. The third-order valence-corrected chi connectivity index (χ3v) is 7.18. The van der Waals surface area contributed by atoms with E-state index in [1.807, 2.05) is 12.1 Å². The molecule has 1 heterocycles. The predicted octanol–water partition coefficient (Wildman–Crippen LogP) is 3.54. The van der Waals surface area contributed by atoms with Crippen molar-refractivity contribution in [1.29, 1.82) is 0 Å². The minimum Gasteiger partial charge on any atom is -0.508 e. The minimum atomic E-state index is -0.866. The number of hydrogen-bond donors (Lipinski definition) is 5. The Kier molecular flexibility index (Phi) is 9.46. The van der Waals surface area contributed by atoms with Crippen molar-refractivity contribution >= 4 is 23.6 Å². The second-order valence-electron chi connectivity index (χ2n) is 10.7. The molecule has 5 N–H and O–H groups in total. The standard InChI is InChI=1S/C31H36N4O6/c1-3-41-30(39)23-8-10-24(11-9-23)33-31(40)34-28(18-21-4-12-26(36)13-5-21)29(38)32-25-16-17-35(2,20-25)19-22-6-14-27(37)15-7-22/h4-15,25,28H,3,16-20H2,1-2H3,(H4-,32,33,34,36,37,38,39,40)/p+1/t25-,28-,35?/m1/s1. The van der Waals surface area contributed by atoms with E-state index >= 15 is 0 Å². The van der Waals surface area contributed by atoms with E-state index in [2.05, 4.69) is 23.0 Å². The normalized spacial score (nSPS) is 18.7. The number of urea groups is 1. The first-order valence-electron chi connectivity index (χ1n) is 13.7. The van der Waals surface area contributed by atoms with Gasteiger partial charge in [0.25, 0.3) is 0 Å². The zero-order valence-electron chi connectivity index (χ0n) is 23.3. The smallest absolute Gasteiger partial charge is 0.338 e. The van der Waals surface area contributed by atoms with Gasteiger partial charge in [0.2, 0.25) is 5.91 Å². The number of nitrogens with zero attached hydrogens (tertiary/aromatic N) is 1. The number of carbonyl (C=O) groups excluding carboxylic acids is 3. The van der Waals surface area contributed by atoms with Gasteiger partial charge < -0.3 is 35.4 Å². The lowest BCUT2D eigenvalue weighted by Gasteiger charge is -2.30. The molecular formula is C31H37N4O6+.